The number of likely N-dealkylation sites (N-methyl/N-ethyl adjacent to an activating group) is 1. The fourth-order valence-electron chi connectivity index (χ4n) is 6.06. The summed E-state index contributed by atoms with van der Waals surface area (Å²) in [6.45, 7) is 12.2. The Hall–Kier alpha value is -0.690. The first kappa shape index (κ1) is 39.3. The molecule has 0 heterocycles. The standard InChI is InChI=1S/C36H73N3O3/c1-5-7-9-11-12-16-23-34(22-15-10-8-6-2)36(41)42-33-20-14-18-27-38(26-17-13-19-32-40)29-31-39(30-28-37(3)4)35-24-21-25-35/h34-35,40H,5-33H2,1-4H3. The van der Waals surface area contributed by atoms with E-state index in [1.54, 1.807) is 0 Å². The molecule has 0 amide bonds. The fourth-order valence-corrected chi connectivity index (χ4v) is 6.06. The van der Waals surface area contributed by atoms with Crippen LogP contribution in [0.15, 0.2) is 0 Å². The van der Waals surface area contributed by atoms with Crippen molar-refractivity contribution < 1.29 is 14.6 Å². The third-order valence-corrected chi connectivity index (χ3v) is 9.27. The zero-order valence-electron chi connectivity index (χ0n) is 28.8. The Morgan fingerprint density at radius 1 is 0.690 bits per heavy atom. The van der Waals surface area contributed by atoms with Crippen LogP contribution in [0.5, 0.6) is 0 Å². The second-order valence-corrected chi connectivity index (χ2v) is 13.4. The molecule has 0 aromatic rings. The molecule has 0 aromatic heterocycles. The van der Waals surface area contributed by atoms with E-state index in [1.807, 2.05) is 0 Å². The molecule has 1 rings (SSSR count). The lowest BCUT2D eigenvalue weighted by Crippen LogP contribution is -2.47. The van der Waals surface area contributed by atoms with E-state index in [4.69, 9.17) is 4.74 Å². The molecule has 1 aliphatic rings. The molecule has 1 saturated carbocycles. The highest BCUT2D eigenvalue weighted by molar-refractivity contribution is 5.72. The molecule has 6 nitrogen and oxygen atoms in total. The number of carbonyl (C=O) groups excluding carboxylic acids is 1. The van der Waals surface area contributed by atoms with Crippen molar-refractivity contribution in [3.63, 3.8) is 0 Å². The highest BCUT2D eigenvalue weighted by Gasteiger charge is 2.25. The molecular formula is C36H73N3O3. The van der Waals surface area contributed by atoms with Gasteiger partial charge in [0.2, 0.25) is 0 Å². The van der Waals surface area contributed by atoms with Crippen molar-refractivity contribution in [3.05, 3.63) is 0 Å². The largest absolute Gasteiger partial charge is 0.465 e. The summed E-state index contributed by atoms with van der Waals surface area (Å²) < 4.78 is 5.84. The summed E-state index contributed by atoms with van der Waals surface area (Å²) in [5, 5.41) is 9.19. The molecule has 42 heavy (non-hydrogen) atoms. The van der Waals surface area contributed by atoms with Crippen molar-refractivity contribution in [2.75, 3.05) is 66.6 Å². The molecule has 0 aromatic carbocycles. The lowest BCUT2D eigenvalue weighted by molar-refractivity contribution is -0.149. The predicted molar refractivity (Wildman–Crippen MR) is 180 cm³/mol. The predicted octanol–water partition coefficient (Wildman–Crippen LogP) is 7.92. The van der Waals surface area contributed by atoms with E-state index in [9.17, 15) is 9.90 Å². The molecule has 0 radical (unpaired) electrons. The highest BCUT2D eigenvalue weighted by Crippen LogP contribution is 2.24. The van der Waals surface area contributed by atoms with Gasteiger partial charge in [-0.15, -0.1) is 0 Å². The number of rotatable bonds is 31. The van der Waals surface area contributed by atoms with Crippen molar-refractivity contribution in [2.45, 2.75) is 155 Å². The van der Waals surface area contributed by atoms with Gasteiger partial charge in [-0.1, -0.05) is 84.5 Å². The number of hydrogen-bond donors (Lipinski definition) is 1. The maximum Gasteiger partial charge on any atom is 0.308 e. The summed E-state index contributed by atoms with van der Waals surface area (Å²) >= 11 is 0. The summed E-state index contributed by atoms with van der Waals surface area (Å²) in [5.74, 6) is 0.174. The van der Waals surface area contributed by atoms with Crippen LogP contribution in [0.1, 0.15) is 149 Å². The number of ether oxygens (including phenoxy) is 1. The van der Waals surface area contributed by atoms with Gasteiger partial charge in [0, 0.05) is 38.8 Å². The molecule has 1 aliphatic carbocycles. The lowest BCUT2D eigenvalue weighted by atomic mass is 9.91. The van der Waals surface area contributed by atoms with Gasteiger partial charge in [-0.25, -0.2) is 0 Å². The van der Waals surface area contributed by atoms with Gasteiger partial charge in [-0.3, -0.25) is 9.69 Å². The molecule has 1 fully saturated rings. The Morgan fingerprint density at radius 3 is 1.81 bits per heavy atom. The number of unbranched alkanes of at least 4 members (excludes halogenated alkanes) is 12. The quantitative estimate of drug-likeness (QED) is 0.0649. The lowest BCUT2D eigenvalue weighted by Gasteiger charge is -2.39. The van der Waals surface area contributed by atoms with Gasteiger partial charge in [-0.05, 0) is 91.4 Å². The second-order valence-electron chi connectivity index (χ2n) is 13.4. The molecule has 0 aliphatic heterocycles. The third-order valence-electron chi connectivity index (χ3n) is 9.27. The van der Waals surface area contributed by atoms with Crippen LogP contribution in [0.4, 0.5) is 0 Å². The van der Waals surface area contributed by atoms with E-state index in [0.29, 0.717) is 13.2 Å². The van der Waals surface area contributed by atoms with E-state index in [-0.39, 0.29) is 11.9 Å². The summed E-state index contributed by atoms with van der Waals surface area (Å²) in [5.41, 5.74) is 0. The average molecular weight is 596 g/mol. The van der Waals surface area contributed by atoms with Crippen LogP contribution in [-0.2, 0) is 9.53 Å². The van der Waals surface area contributed by atoms with Gasteiger partial charge >= 0.3 is 5.97 Å². The Labute approximate surface area is 262 Å². The molecular weight excluding hydrogens is 522 g/mol. The van der Waals surface area contributed by atoms with Crippen LogP contribution in [0.2, 0.25) is 0 Å². The molecule has 1 N–H and O–H groups in total. The first-order valence-electron chi connectivity index (χ1n) is 18.4. The number of aliphatic hydroxyl groups excluding tert-OH is 1. The monoisotopic (exact) mass is 596 g/mol. The second kappa shape index (κ2) is 27.8. The van der Waals surface area contributed by atoms with Crippen molar-refractivity contribution >= 4 is 5.97 Å². The smallest absolute Gasteiger partial charge is 0.308 e. The van der Waals surface area contributed by atoms with Crippen LogP contribution in [0.25, 0.3) is 0 Å². The summed E-state index contributed by atoms with van der Waals surface area (Å²) in [6.07, 6.45) is 25.1. The van der Waals surface area contributed by atoms with E-state index in [0.717, 1.165) is 96.6 Å². The number of aliphatic hydroxyl groups is 1. The first-order chi connectivity index (χ1) is 20.5. The Balaban J connectivity index is 2.39. The van der Waals surface area contributed by atoms with Gasteiger partial charge in [0.05, 0.1) is 12.5 Å². The normalized spacial score (nSPS) is 14.7. The topological polar surface area (TPSA) is 56.2 Å². The van der Waals surface area contributed by atoms with Crippen molar-refractivity contribution in [1.82, 2.24) is 14.7 Å². The summed E-state index contributed by atoms with van der Waals surface area (Å²) in [6, 6.07) is 0.785. The van der Waals surface area contributed by atoms with Gasteiger partial charge in [-0.2, -0.15) is 0 Å². The van der Waals surface area contributed by atoms with Crippen LogP contribution in [0, 0.1) is 5.92 Å². The highest BCUT2D eigenvalue weighted by atomic mass is 16.5. The minimum Gasteiger partial charge on any atom is -0.465 e. The summed E-state index contributed by atoms with van der Waals surface area (Å²) in [4.78, 5) is 20.6. The van der Waals surface area contributed by atoms with Gasteiger partial charge in [0.25, 0.3) is 0 Å². The van der Waals surface area contributed by atoms with E-state index >= 15 is 0 Å². The van der Waals surface area contributed by atoms with Gasteiger partial charge in [0.15, 0.2) is 0 Å². The maximum atomic E-state index is 13.0. The molecule has 0 saturated heterocycles. The number of esters is 1. The number of hydrogen-bond acceptors (Lipinski definition) is 6. The molecule has 0 bridgehead atoms. The number of carbonyl (C=O) groups is 1. The van der Waals surface area contributed by atoms with Crippen molar-refractivity contribution in [2.24, 2.45) is 5.92 Å². The molecule has 6 heteroatoms. The zero-order chi connectivity index (χ0) is 30.7. The fraction of sp³-hybridized carbons (Fsp3) is 0.972. The average Bonchev–Trinajstić information content (AvgIpc) is 2.95. The molecule has 250 valence electrons. The Bertz CT molecular complexity index is 599. The van der Waals surface area contributed by atoms with Gasteiger partial charge in [0.1, 0.15) is 0 Å². The minimum atomic E-state index is 0.0689. The SMILES string of the molecule is CCCCCCCCC(CCCCCC)C(=O)OCCCCCN(CCCCCO)CCN(CCN(C)C)C1CCC1. The first-order valence-corrected chi connectivity index (χ1v) is 18.4. The van der Waals surface area contributed by atoms with Crippen LogP contribution in [0.3, 0.4) is 0 Å². The molecule has 1 atom stereocenters. The number of nitrogens with zero attached hydrogens (tertiary/aromatic N) is 3. The third kappa shape index (κ3) is 21.1. The van der Waals surface area contributed by atoms with Crippen molar-refractivity contribution in [3.8, 4) is 0 Å². The van der Waals surface area contributed by atoms with Crippen LogP contribution in [-0.4, -0.2) is 98.4 Å². The van der Waals surface area contributed by atoms with Crippen LogP contribution >= 0.6 is 0 Å². The van der Waals surface area contributed by atoms with Gasteiger partial charge < -0.3 is 19.6 Å². The van der Waals surface area contributed by atoms with E-state index < -0.39 is 0 Å². The van der Waals surface area contributed by atoms with Crippen LogP contribution < -0.4 is 0 Å². The van der Waals surface area contributed by atoms with E-state index in [2.05, 4.69) is 42.6 Å². The Kier molecular flexibility index (Phi) is 26.1. The van der Waals surface area contributed by atoms with Crippen molar-refractivity contribution in [1.29, 1.82) is 0 Å². The van der Waals surface area contributed by atoms with E-state index in [1.165, 1.54) is 83.6 Å². The minimum absolute atomic E-state index is 0.0689. The Morgan fingerprint density at radius 2 is 1.24 bits per heavy atom. The zero-order valence-corrected chi connectivity index (χ0v) is 28.8. The summed E-state index contributed by atoms with van der Waals surface area (Å²) in [7, 11) is 4.35. The molecule has 0 spiro atoms. The maximum absolute atomic E-state index is 13.0. The molecule has 1 unspecified atom stereocenters.